The van der Waals surface area contributed by atoms with Crippen molar-refractivity contribution in [2.45, 2.75) is 95.4 Å². The van der Waals surface area contributed by atoms with E-state index in [1.165, 1.54) is 29.5 Å². The summed E-state index contributed by atoms with van der Waals surface area (Å²) in [6.45, 7) is 12.8. The van der Waals surface area contributed by atoms with Crippen molar-refractivity contribution in [3.05, 3.63) is 47.5 Å². The van der Waals surface area contributed by atoms with Crippen LogP contribution in [-0.2, 0) is 10.8 Å². The molecule has 0 radical (unpaired) electrons. The van der Waals surface area contributed by atoms with Gasteiger partial charge in [-0.1, -0.05) is 45.9 Å². The van der Waals surface area contributed by atoms with Crippen LogP contribution in [0.5, 0.6) is 0 Å². The van der Waals surface area contributed by atoms with Crippen LogP contribution in [-0.4, -0.2) is 53.6 Å². The van der Waals surface area contributed by atoms with Gasteiger partial charge in [0.15, 0.2) is 0 Å². The van der Waals surface area contributed by atoms with Gasteiger partial charge in [0.2, 0.25) is 0 Å². The van der Waals surface area contributed by atoms with Gasteiger partial charge in [0.05, 0.1) is 5.69 Å². The predicted octanol–water partition coefficient (Wildman–Crippen LogP) is 5.57. The summed E-state index contributed by atoms with van der Waals surface area (Å²) < 4.78 is 0. The molecular weight excluding hydrogens is 446 g/mol. The van der Waals surface area contributed by atoms with E-state index in [1.54, 1.807) is 0 Å². The van der Waals surface area contributed by atoms with E-state index in [-0.39, 0.29) is 29.6 Å². The van der Waals surface area contributed by atoms with E-state index in [4.69, 9.17) is 10.1 Å². The standard InChI is InChI=1S/C31H47N3O2/c1-29(2)13-14-30(3,4)26-23-24(11-12-25(26)29)27-9-8-10-28(33-27)34-19-15-31(16-20-34,17-22-36)32-18-6-5-7-21-35/h8-12,23,32,35-36H,5-7,13-22H2,1-4H3. The Hall–Kier alpha value is -1.95. The number of nitrogens with zero attached hydrogens (tertiary/aromatic N) is 2. The number of piperidine rings is 1. The third kappa shape index (κ3) is 5.95. The first-order valence-corrected chi connectivity index (χ1v) is 14.0. The van der Waals surface area contributed by atoms with E-state index in [0.29, 0.717) is 0 Å². The van der Waals surface area contributed by atoms with Gasteiger partial charge < -0.3 is 20.4 Å². The van der Waals surface area contributed by atoms with Gasteiger partial charge >= 0.3 is 0 Å². The summed E-state index contributed by atoms with van der Waals surface area (Å²) in [7, 11) is 0. The Labute approximate surface area is 218 Å². The maximum atomic E-state index is 9.72. The Kier molecular flexibility index (Phi) is 8.43. The quantitative estimate of drug-likeness (QED) is 0.378. The highest BCUT2D eigenvalue weighted by molar-refractivity contribution is 5.65. The molecule has 1 aromatic carbocycles. The number of benzene rings is 1. The zero-order chi connectivity index (χ0) is 25.8. The van der Waals surface area contributed by atoms with Gasteiger partial charge in [-0.25, -0.2) is 4.98 Å². The van der Waals surface area contributed by atoms with Crippen LogP contribution in [0.4, 0.5) is 5.82 Å². The third-order valence-corrected chi connectivity index (χ3v) is 8.85. The molecule has 1 fully saturated rings. The van der Waals surface area contributed by atoms with E-state index in [0.717, 1.165) is 69.7 Å². The summed E-state index contributed by atoms with van der Waals surface area (Å²) in [5, 5.41) is 22.5. The van der Waals surface area contributed by atoms with Crippen LogP contribution in [0.2, 0.25) is 0 Å². The lowest BCUT2D eigenvalue weighted by Crippen LogP contribution is -2.54. The fourth-order valence-corrected chi connectivity index (χ4v) is 6.17. The highest BCUT2D eigenvalue weighted by Gasteiger charge is 2.37. The van der Waals surface area contributed by atoms with Crippen molar-refractivity contribution in [1.82, 2.24) is 10.3 Å². The average Bonchev–Trinajstić information content (AvgIpc) is 2.87. The molecule has 2 aromatic rings. The lowest BCUT2D eigenvalue weighted by Gasteiger charge is -2.43. The van der Waals surface area contributed by atoms with Crippen LogP contribution in [0, 0.1) is 0 Å². The molecule has 0 bridgehead atoms. The third-order valence-electron chi connectivity index (χ3n) is 8.85. The number of fused-ring (bicyclic) bond motifs is 1. The molecule has 2 aliphatic rings. The Morgan fingerprint density at radius 2 is 1.56 bits per heavy atom. The van der Waals surface area contributed by atoms with Crippen molar-refractivity contribution in [2.75, 3.05) is 37.7 Å². The van der Waals surface area contributed by atoms with E-state index < -0.39 is 0 Å². The summed E-state index contributed by atoms with van der Waals surface area (Å²) >= 11 is 0. The molecule has 1 aliphatic heterocycles. The number of aromatic nitrogens is 1. The molecule has 1 aliphatic carbocycles. The van der Waals surface area contributed by atoms with E-state index in [2.05, 4.69) is 74.3 Å². The molecule has 0 atom stereocenters. The predicted molar refractivity (Wildman–Crippen MR) is 150 cm³/mol. The van der Waals surface area contributed by atoms with Crippen LogP contribution < -0.4 is 10.2 Å². The zero-order valence-electron chi connectivity index (χ0n) is 22.9. The number of aliphatic hydroxyl groups excluding tert-OH is 2. The topological polar surface area (TPSA) is 68.6 Å². The maximum Gasteiger partial charge on any atom is 0.129 e. The lowest BCUT2D eigenvalue weighted by molar-refractivity contribution is 0.178. The second-order valence-electron chi connectivity index (χ2n) is 12.4. The molecule has 0 amide bonds. The molecule has 0 spiro atoms. The molecule has 1 saturated heterocycles. The number of unbranched alkanes of at least 4 members (excludes halogenated alkanes) is 2. The molecule has 198 valence electrons. The molecule has 2 heterocycles. The first-order valence-electron chi connectivity index (χ1n) is 14.0. The maximum absolute atomic E-state index is 9.72. The van der Waals surface area contributed by atoms with Crippen LogP contribution >= 0.6 is 0 Å². The summed E-state index contributed by atoms with van der Waals surface area (Å²) in [5.74, 6) is 1.05. The Morgan fingerprint density at radius 3 is 2.25 bits per heavy atom. The minimum Gasteiger partial charge on any atom is -0.396 e. The van der Waals surface area contributed by atoms with Crippen molar-refractivity contribution in [3.8, 4) is 11.3 Å². The fourth-order valence-electron chi connectivity index (χ4n) is 6.17. The molecule has 0 saturated carbocycles. The monoisotopic (exact) mass is 493 g/mol. The number of hydrogen-bond acceptors (Lipinski definition) is 5. The second kappa shape index (κ2) is 11.2. The fraction of sp³-hybridized carbons (Fsp3) is 0.645. The normalized spacial score (nSPS) is 20.2. The number of hydrogen-bond donors (Lipinski definition) is 3. The van der Waals surface area contributed by atoms with Crippen molar-refractivity contribution in [3.63, 3.8) is 0 Å². The molecular formula is C31H47N3O2. The molecule has 1 aromatic heterocycles. The van der Waals surface area contributed by atoms with Gasteiger partial charge in [0.1, 0.15) is 5.82 Å². The van der Waals surface area contributed by atoms with Gasteiger partial charge in [0, 0.05) is 37.4 Å². The summed E-state index contributed by atoms with van der Waals surface area (Å²) in [5.41, 5.74) is 5.62. The molecule has 36 heavy (non-hydrogen) atoms. The SMILES string of the molecule is CC1(C)CCC(C)(C)c2cc(-c3cccc(N4CCC(CCO)(NCCCCCO)CC4)n3)ccc21. The molecule has 4 rings (SSSR count). The number of aliphatic hydroxyl groups is 2. The van der Waals surface area contributed by atoms with Crippen LogP contribution in [0.25, 0.3) is 11.3 Å². The van der Waals surface area contributed by atoms with Crippen LogP contribution in [0.15, 0.2) is 36.4 Å². The molecule has 5 nitrogen and oxygen atoms in total. The minimum atomic E-state index is -0.00104. The Balaban J connectivity index is 1.48. The Morgan fingerprint density at radius 1 is 0.833 bits per heavy atom. The highest BCUT2D eigenvalue weighted by atomic mass is 16.3. The van der Waals surface area contributed by atoms with Crippen molar-refractivity contribution < 1.29 is 10.2 Å². The largest absolute Gasteiger partial charge is 0.396 e. The number of nitrogens with one attached hydrogen (secondary N) is 1. The first-order chi connectivity index (χ1) is 17.2. The van der Waals surface area contributed by atoms with Gasteiger partial charge in [0.25, 0.3) is 0 Å². The smallest absolute Gasteiger partial charge is 0.129 e. The number of rotatable bonds is 10. The molecule has 3 N–H and O–H groups in total. The Bertz CT molecular complexity index is 1010. The average molecular weight is 494 g/mol. The summed E-state index contributed by atoms with van der Waals surface area (Å²) in [4.78, 5) is 7.52. The second-order valence-corrected chi connectivity index (χ2v) is 12.4. The van der Waals surface area contributed by atoms with Crippen molar-refractivity contribution >= 4 is 5.82 Å². The minimum absolute atomic E-state index is 0.00104. The van der Waals surface area contributed by atoms with Crippen molar-refractivity contribution in [1.29, 1.82) is 0 Å². The van der Waals surface area contributed by atoms with Crippen molar-refractivity contribution in [2.24, 2.45) is 0 Å². The zero-order valence-corrected chi connectivity index (χ0v) is 22.9. The first kappa shape index (κ1) is 27.1. The van der Waals surface area contributed by atoms with E-state index in [1.807, 2.05) is 0 Å². The van der Waals surface area contributed by atoms with Gasteiger partial charge in [-0.15, -0.1) is 0 Å². The van der Waals surface area contributed by atoms with Crippen LogP contribution in [0.1, 0.15) is 90.2 Å². The summed E-state index contributed by atoms with van der Waals surface area (Å²) in [6, 6.07) is 13.4. The lowest BCUT2D eigenvalue weighted by atomic mass is 9.63. The molecule has 5 heteroatoms. The summed E-state index contributed by atoms with van der Waals surface area (Å²) in [6.07, 6.45) is 8.20. The van der Waals surface area contributed by atoms with Gasteiger partial charge in [-0.2, -0.15) is 0 Å². The van der Waals surface area contributed by atoms with E-state index >= 15 is 0 Å². The van der Waals surface area contributed by atoms with Crippen LogP contribution in [0.3, 0.4) is 0 Å². The number of anilines is 1. The molecule has 0 unspecified atom stereocenters. The number of pyridine rings is 1. The van der Waals surface area contributed by atoms with Gasteiger partial charge in [-0.05, 0) is 98.1 Å². The van der Waals surface area contributed by atoms with Gasteiger partial charge in [-0.3, -0.25) is 0 Å². The highest BCUT2D eigenvalue weighted by Crippen LogP contribution is 2.46. The van der Waals surface area contributed by atoms with E-state index in [9.17, 15) is 5.11 Å².